The summed E-state index contributed by atoms with van der Waals surface area (Å²) in [5.41, 5.74) is 1.08. The van der Waals surface area contributed by atoms with Crippen molar-refractivity contribution in [1.82, 2.24) is 0 Å². The summed E-state index contributed by atoms with van der Waals surface area (Å²) in [6, 6.07) is 9.89. The molecule has 70 valence electrons. The molecule has 0 saturated carbocycles. The van der Waals surface area contributed by atoms with Crippen LogP contribution in [0.3, 0.4) is 0 Å². The van der Waals surface area contributed by atoms with Crippen molar-refractivity contribution in [3.8, 4) is 0 Å². The third-order valence-electron chi connectivity index (χ3n) is 1.95. The highest BCUT2D eigenvalue weighted by Crippen LogP contribution is 2.33. The second kappa shape index (κ2) is 3.84. The van der Waals surface area contributed by atoms with Gasteiger partial charge in [0.25, 0.3) is 0 Å². The molecule has 0 saturated heterocycles. The van der Waals surface area contributed by atoms with E-state index in [1.807, 2.05) is 43.3 Å². The van der Waals surface area contributed by atoms with Crippen LogP contribution in [0.2, 0.25) is 0 Å². The maximum atomic E-state index is 11.4. The molecule has 2 heteroatoms. The molecule has 0 atom stereocenters. The predicted molar refractivity (Wildman–Crippen MR) is 60.8 cm³/mol. The van der Waals surface area contributed by atoms with Crippen molar-refractivity contribution in [2.45, 2.75) is 6.92 Å². The summed E-state index contributed by atoms with van der Waals surface area (Å²) in [5, 5.41) is 0. The summed E-state index contributed by atoms with van der Waals surface area (Å²) >= 11 is 1.54. The maximum absolute atomic E-state index is 11.4. The molecule has 0 spiro atoms. The van der Waals surface area contributed by atoms with E-state index in [0.29, 0.717) is 0 Å². The Kier molecular flexibility index (Phi) is 2.55. The Labute approximate surface area is 87.5 Å². The Morgan fingerprint density at radius 1 is 1.21 bits per heavy atom. The van der Waals surface area contributed by atoms with Crippen LogP contribution in [0, 0.1) is 0 Å². The molecule has 0 unspecified atom stereocenters. The van der Waals surface area contributed by atoms with Crippen LogP contribution in [0.25, 0.3) is 6.08 Å². The van der Waals surface area contributed by atoms with Crippen molar-refractivity contribution < 1.29 is 4.79 Å². The van der Waals surface area contributed by atoms with Crippen molar-refractivity contribution in [1.29, 1.82) is 0 Å². The van der Waals surface area contributed by atoms with Crippen molar-refractivity contribution >= 4 is 23.6 Å². The lowest BCUT2D eigenvalue weighted by Gasteiger charge is -1.95. The highest BCUT2D eigenvalue weighted by atomic mass is 32.2. The summed E-state index contributed by atoms with van der Waals surface area (Å²) in [6.07, 6.45) is 3.61. The Morgan fingerprint density at radius 3 is 2.50 bits per heavy atom. The Balaban J connectivity index is 2.26. The number of ketones is 1. The molecule has 0 bridgehead atoms. The van der Waals surface area contributed by atoms with Gasteiger partial charge < -0.3 is 0 Å². The van der Waals surface area contributed by atoms with Gasteiger partial charge in [-0.15, -0.1) is 0 Å². The van der Waals surface area contributed by atoms with Gasteiger partial charge in [0.15, 0.2) is 5.78 Å². The minimum atomic E-state index is 0.122. The fourth-order valence-electron chi connectivity index (χ4n) is 1.31. The van der Waals surface area contributed by atoms with Crippen molar-refractivity contribution in [2.24, 2.45) is 0 Å². The minimum absolute atomic E-state index is 0.122. The zero-order valence-electron chi connectivity index (χ0n) is 7.86. The van der Waals surface area contributed by atoms with E-state index in [4.69, 9.17) is 0 Å². The molecule has 0 amide bonds. The SMILES string of the molecule is CC1=CC(=O)/C(=C/c2ccccc2)S1. The maximum Gasteiger partial charge on any atom is 0.193 e. The lowest BCUT2D eigenvalue weighted by molar-refractivity contribution is -0.110. The summed E-state index contributed by atoms with van der Waals surface area (Å²) in [6.45, 7) is 1.95. The van der Waals surface area contributed by atoms with Gasteiger partial charge in [-0.05, 0) is 29.5 Å². The molecule has 0 N–H and O–H groups in total. The molecule has 0 aliphatic carbocycles. The van der Waals surface area contributed by atoms with Gasteiger partial charge in [-0.2, -0.15) is 0 Å². The topological polar surface area (TPSA) is 17.1 Å². The van der Waals surface area contributed by atoms with Gasteiger partial charge in [-0.1, -0.05) is 42.1 Å². The molecule has 0 aromatic heterocycles. The lowest BCUT2D eigenvalue weighted by atomic mass is 10.2. The third-order valence-corrected chi connectivity index (χ3v) is 2.92. The molecule has 1 aromatic rings. The van der Waals surface area contributed by atoms with Gasteiger partial charge in [0.2, 0.25) is 0 Å². The highest BCUT2D eigenvalue weighted by Gasteiger charge is 2.15. The van der Waals surface area contributed by atoms with Gasteiger partial charge in [0.05, 0.1) is 4.91 Å². The lowest BCUT2D eigenvalue weighted by Crippen LogP contribution is -1.87. The van der Waals surface area contributed by atoms with Gasteiger partial charge in [0.1, 0.15) is 0 Å². The number of rotatable bonds is 1. The van der Waals surface area contributed by atoms with E-state index in [1.54, 1.807) is 17.8 Å². The van der Waals surface area contributed by atoms with Gasteiger partial charge in [0, 0.05) is 0 Å². The monoisotopic (exact) mass is 202 g/mol. The predicted octanol–water partition coefficient (Wildman–Crippen LogP) is 3.25. The van der Waals surface area contributed by atoms with E-state index in [2.05, 4.69) is 0 Å². The number of carbonyl (C=O) groups excluding carboxylic acids is 1. The van der Waals surface area contributed by atoms with E-state index < -0.39 is 0 Å². The van der Waals surface area contributed by atoms with Gasteiger partial charge >= 0.3 is 0 Å². The van der Waals surface area contributed by atoms with E-state index in [-0.39, 0.29) is 5.78 Å². The van der Waals surface area contributed by atoms with Crippen LogP contribution >= 0.6 is 11.8 Å². The number of hydrogen-bond donors (Lipinski definition) is 0. The fourth-order valence-corrected chi connectivity index (χ4v) is 2.18. The average molecular weight is 202 g/mol. The number of hydrogen-bond acceptors (Lipinski definition) is 2. The molecule has 1 aliphatic heterocycles. The minimum Gasteiger partial charge on any atom is -0.289 e. The average Bonchev–Trinajstić information content (AvgIpc) is 2.47. The van der Waals surface area contributed by atoms with Crippen LogP contribution in [0.15, 0.2) is 46.2 Å². The molecule has 14 heavy (non-hydrogen) atoms. The molecule has 1 nitrogen and oxygen atoms in total. The standard InChI is InChI=1S/C12H10OS/c1-9-7-11(13)12(14-9)8-10-5-3-2-4-6-10/h2-8H,1H3/b12-8-. The molecule has 1 heterocycles. The summed E-state index contributed by atoms with van der Waals surface area (Å²) < 4.78 is 0. The normalized spacial score (nSPS) is 18.8. The van der Waals surface area contributed by atoms with Gasteiger partial charge in [-0.25, -0.2) is 0 Å². The molecule has 0 radical (unpaired) electrons. The second-order valence-corrected chi connectivity index (χ2v) is 4.43. The summed E-state index contributed by atoms with van der Waals surface area (Å²) in [7, 11) is 0. The van der Waals surface area contributed by atoms with Crippen LogP contribution in [-0.4, -0.2) is 5.78 Å². The Morgan fingerprint density at radius 2 is 1.93 bits per heavy atom. The molecule has 0 fully saturated rings. The third kappa shape index (κ3) is 1.96. The van der Waals surface area contributed by atoms with Crippen LogP contribution in [-0.2, 0) is 4.79 Å². The number of benzene rings is 1. The summed E-state index contributed by atoms with van der Waals surface area (Å²) in [5.74, 6) is 0.122. The molecule has 1 aliphatic rings. The molecule has 1 aromatic carbocycles. The van der Waals surface area contributed by atoms with E-state index >= 15 is 0 Å². The highest BCUT2D eigenvalue weighted by molar-refractivity contribution is 8.08. The first-order chi connectivity index (χ1) is 6.75. The molecular weight excluding hydrogens is 192 g/mol. The van der Waals surface area contributed by atoms with E-state index in [1.165, 1.54) is 0 Å². The summed E-state index contributed by atoms with van der Waals surface area (Å²) in [4.78, 5) is 13.3. The molecule has 2 rings (SSSR count). The van der Waals surface area contributed by atoms with Crippen LogP contribution in [0.1, 0.15) is 12.5 Å². The zero-order chi connectivity index (χ0) is 9.97. The smallest absolute Gasteiger partial charge is 0.193 e. The van der Waals surface area contributed by atoms with E-state index in [0.717, 1.165) is 15.4 Å². The number of carbonyl (C=O) groups is 1. The fraction of sp³-hybridized carbons (Fsp3) is 0.0833. The first kappa shape index (κ1) is 9.28. The quantitative estimate of drug-likeness (QED) is 0.650. The zero-order valence-corrected chi connectivity index (χ0v) is 8.67. The Bertz CT molecular complexity index is 415. The van der Waals surface area contributed by atoms with Crippen molar-refractivity contribution in [3.63, 3.8) is 0 Å². The largest absolute Gasteiger partial charge is 0.289 e. The Hall–Kier alpha value is -1.28. The first-order valence-electron chi connectivity index (χ1n) is 4.43. The molecular formula is C12H10OS. The number of thioether (sulfide) groups is 1. The van der Waals surface area contributed by atoms with Crippen LogP contribution in [0.5, 0.6) is 0 Å². The first-order valence-corrected chi connectivity index (χ1v) is 5.24. The van der Waals surface area contributed by atoms with Crippen molar-refractivity contribution in [3.05, 3.63) is 51.8 Å². The number of allylic oxidation sites excluding steroid dienone is 3. The van der Waals surface area contributed by atoms with Crippen LogP contribution in [0.4, 0.5) is 0 Å². The van der Waals surface area contributed by atoms with Gasteiger partial charge in [-0.3, -0.25) is 4.79 Å². The van der Waals surface area contributed by atoms with Crippen LogP contribution < -0.4 is 0 Å². The van der Waals surface area contributed by atoms with E-state index in [9.17, 15) is 4.79 Å². The van der Waals surface area contributed by atoms with Crippen molar-refractivity contribution in [2.75, 3.05) is 0 Å². The second-order valence-electron chi connectivity index (χ2n) is 3.14.